The lowest BCUT2D eigenvalue weighted by Crippen LogP contribution is -2.42. The van der Waals surface area contributed by atoms with Gasteiger partial charge in [-0.2, -0.15) is 0 Å². The Balaban J connectivity index is 1.54. The second-order valence-electron chi connectivity index (χ2n) is 7.37. The second-order valence-corrected chi connectivity index (χ2v) is 7.37. The SMILES string of the molecule is COc1ccc(NC(=O)N[C@@H]2CC(=O)N(C3CCCCCC3)C2)c(C)c1. The number of amides is 3. The first-order valence-electron chi connectivity index (χ1n) is 9.58. The Bertz CT molecular complexity index is 654. The monoisotopic (exact) mass is 359 g/mol. The van der Waals surface area contributed by atoms with Crippen molar-refractivity contribution in [3.63, 3.8) is 0 Å². The lowest BCUT2D eigenvalue weighted by molar-refractivity contribution is -0.129. The van der Waals surface area contributed by atoms with E-state index in [4.69, 9.17) is 4.74 Å². The first-order valence-corrected chi connectivity index (χ1v) is 9.58. The number of nitrogens with one attached hydrogen (secondary N) is 2. The van der Waals surface area contributed by atoms with Crippen molar-refractivity contribution < 1.29 is 14.3 Å². The van der Waals surface area contributed by atoms with Crippen molar-refractivity contribution in [2.75, 3.05) is 19.0 Å². The molecule has 0 radical (unpaired) electrons. The van der Waals surface area contributed by atoms with Crippen molar-refractivity contribution in [2.24, 2.45) is 0 Å². The van der Waals surface area contributed by atoms with Gasteiger partial charge in [0, 0.05) is 24.7 Å². The van der Waals surface area contributed by atoms with Crippen LogP contribution in [0.3, 0.4) is 0 Å². The number of hydrogen-bond acceptors (Lipinski definition) is 3. The molecule has 1 heterocycles. The van der Waals surface area contributed by atoms with Gasteiger partial charge in [0.1, 0.15) is 5.75 Å². The molecule has 1 aromatic carbocycles. The Morgan fingerprint density at radius 1 is 1.19 bits per heavy atom. The van der Waals surface area contributed by atoms with Crippen LogP contribution >= 0.6 is 0 Å². The minimum Gasteiger partial charge on any atom is -0.497 e. The fourth-order valence-corrected chi connectivity index (χ4v) is 4.00. The average Bonchev–Trinajstić information content (AvgIpc) is 2.82. The fraction of sp³-hybridized carbons (Fsp3) is 0.600. The zero-order chi connectivity index (χ0) is 18.5. The van der Waals surface area contributed by atoms with Crippen LogP contribution in [0.5, 0.6) is 5.75 Å². The third-order valence-corrected chi connectivity index (χ3v) is 5.44. The number of carbonyl (C=O) groups excluding carboxylic acids is 2. The molecule has 1 saturated carbocycles. The molecule has 1 aromatic rings. The van der Waals surface area contributed by atoms with Gasteiger partial charge in [-0.1, -0.05) is 25.7 Å². The minimum atomic E-state index is -0.265. The summed E-state index contributed by atoms with van der Waals surface area (Å²) in [5.74, 6) is 0.928. The first-order chi connectivity index (χ1) is 12.6. The zero-order valence-corrected chi connectivity index (χ0v) is 15.7. The summed E-state index contributed by atoms with van der Waals surface area (Å²) in [6, 6.07) is 5.48. The normalized spacial score (nSPS) is 21.4. The summed E-state index contributed by atoms with van der Waals surface area (Å²) in [7, 11) is 1.62. The standard InChI is InChI=1S/C20H29N3O3/c1-14-11-17(26-2)9-10-18(14)22-20(25)21-15-12-19(24)23(13-15)16-7-5-3-4-6-8-16/h9-11,15-16H,3-8,12-13H2,1-2H3,(H2,21,22,25)/t15-/m1/s1. The van der Waals surface area contributed by atoms with Crippen LogP contribution in [0, 0.1) is 6.92 Å². The molecular formula is C20H29N3O3. The topological polar surface area (TPSA) is 70.7 Å². The van der Waals surface area contributed by atoms with Crippen LogP contribution in [-0.4, -0.2) is 42.6 Å². The van der Waals surface area contributed by atoms with Gasteiger partial charge in [-0.05, 0) is 43.5 Å². The highest BCUT2D eigenvalue weighted by Crippen LogP contribution is 2.26. The van der Waals surface area contributed by atoms with E-state index in [2.05, 4.69) is 10.6 Å². The number of anilines is 1. The molecule has 6 heteroatoms. The van der Waals surface area contributed by atoms with Gasteiger partial charge < -0.3 is 20.3 Å². The molecule has 0 unspecified atom stereocenters. The largest absolute Gasteiger partial charge is 0.497 e. The van der Waals surface area contributed by atoms with Crippen molar-refractivity contribution in [3.05, 3.63) is 23.8 Å². The Labute approximate surface area is 155 Å². The number of carbonyl (C=O) groups is 2. The summed E-state index contributed by atoms with van der Waals surface area (Å²) < 4.78 is 5.18. The number of hydrogen-bond donors (Lipinski definition) is 2. The van der Waals surface area contributed by atoms with Crippen LogP contribution in [0.2, 0.25) is 0 Å². The summed E-state index contributed by atoms with van der Waals surface area (Å²) >= 11 is 0. The molecule has 1 saturated heterocycles. The molecule has 0 aromatic heterocycles. The highest BCUT2D eigenvalue weighted by molar-refractivity contribution is 5.91. The number of ether oxygens (including phenoxy) is 1. The molecule has 6 nitrogen and oxygen atoms in total. The number of nitrogens with zero attached hydrogens (tertiary/aromatic N) is 1. The Hall–Kier alpha value is -2.24. The van der Waals surface area contributed by atoms with E-state index in [1.165, 1.54) is 25.7 Å². The van der Waals surface area contributed by atoms with Gasteiger partial charge in [0.15, 0.2) is 0 Å². The molecule has 3 amide bonds. The highest BCUT2D eigenvalue weighted by atomic mass is 16.5. The highest BCUT2D eigenvalue weighted by Gasteiger charge is 2.35. The van der Waals surface area contributed by atoms with E-state index in [1.54, 1.807) is 7.11 Å². The lowest BCUT2D eigenvalue weighted by Gasteiger charge is -2.27. The molecule has 2 fully saturated rings. The Morgan fingerprint density at radius 3 is 2.58 bits per heavy atom. The smallest absolute Gasteiger partial charge is 0.319 e. The van der Waals surface area contributed by atoms with Gasteiger partial charge in [0.05, 0.1) is 13.2 Å². The Morgan fingerprint density at radius 2 is 1.92 bits per heavy atom. The third-order valence-electron chi connectivity index (χ3n) is 5.44. The van der Waals surface area contributed by atoms with Crippen LogP contribution in [0.1, 0.15) is 50.5 Å². The molecule has 2 aliphatic rings. The van der Waals surface area contributed by atoms with Crippen LogP contribution in [0.25, 0.3) is 0 Å². The number of urea groups is 1. The van der Waals surface area contributed by atoms with E-state index < -0.39 is 0 Å². The predicted molar refractivity (Wildman–Crippen MR) is 101 cm³/mol. The van der Waals surface area contributed by atoms with Crippen molar-refractivity contribution in [1.82, 2.24) is 10.2 Å². The number of methoxy groups -OCH3 is 1. The Kier molecular flexibility index (Phi) is 6.01. The summed E-state index contributed by atoms with van der Waals surface area (Å²) in [5, 5.41) is 5.83. The maximum absolute atomic E-state index is 12.4. The summed E-state index contributed by atoms with van der Waals surface area (Å²) in [4.78, 5) is 26.7. The quantitative estimate of drug-likeness (QED) is 0.809. The molecular weight excluding hydrogens is 330 g/mol. The maximum atomic E-state index is 12.4. The molecule has 26 heavy (non-hydrogen) atoms. The molecule has 0 bridgehead atoms. The third kappa shape index (κ3) is 4.48. The second kappa shape index (κ2) is 8.43. The summed E-state index contributed by atoms with van der Waals surface area (Å²) in [5.41, 5.74) is 1.68. The van der Waals surface area contributed by atoms with Crippen LogP contribution in [-0.2, 0) is 4.79 Å². The fourth-order valence-electron chi connectivity index (χ4n) is 4.00. The van der Waals surface area contributed by atoms with E-state index in [0.29, 0.717) is 19.0 Å². The van der Waals surface area contributed by atoms with Gasteiger partial charge in [0.25, 0.3) is 0 Å². The average molecular weight is 359 g/mol. The zero-order valence-electron chi connectivity index (χ0n) is 15.7. The van der Waals surface area contributed by atoms with E-state index in [-0.39, 0.29) is 18.0 Å². The van der Waals surface area contributed by atoms with Crippen LogP contribution in [0.15, 0.2) is 18.2 Å². The number of likely N-dealkylation sites (tertiary alicyclic amines) is 1. The van der Waals surface area contributed by atoms with Gasteiger partial charge in [-0.25, -0.2) is 4.79 Å². The molecule has 1 aliphatic heterocycles. The van der Waals surface area contributed by atoms with E-state index >= 15 is 0 Å². The predicted octanol–water partition coefficient (Wildman–Crippen LogP) is 3.45. The van der Waals surface area contributed by atoms with Gasteiger partial charge in [-0.15, -0.1) is 0 Å². The minimum absolute atomic E-state index is 0.121. The maximum Gasteiger partial charge on any atom is 0.319 e. The van der Waals surface area contributed by atoms with Crippen molar-refractivity contribution in [2.45, 2.75) is 64.0 Å². The molecule has 142 valence electrons. The van der Waals surface area contributed by atoms with E-state index in [1.807, 2.05) is 30.0 Å². The van der Waals surface area contributed by atoms with E-state index in [9.17, 15) is 9.59 Å². The summed E-state index contributed by atoms with van der Waals surface area (Å²) in [6.45, 7) is 2.55. The molecule has 0 spiro atoms. The number of benzene rings is 1. The van der Waals surface area contributed by atoms with Gasteiger partial charge >= 0.3 is 6.03 Å². The van der Waals surface area contributed by atoms with Crippen molar-refractivity contribution >= 4 is 17.6 Å². The molecule has 2 N–H and O–H groups in total. The molecule has 1 aliphatic carbocycles. The summed E-state index contributed by atoms with van der Waals surface area (Å²) in [6.07, 6.45) is 7.51. The molecule has 1 atom stereocenters. The number of aryl methyl sites for hydroxylation is 1. The van der Waals surface area contributed by atoms with Crippen molar-refractivity contribution in [3.8, 4) is 5.75 Å². The van der Waals surface area contributed by atoms with Gasteiger partial charge in [0.2, 0.25) is 5.91 Å². The van der Waals surface area contributed by atoms with Gasteiger partial charge in [-0.3, -0.25) is 4.79 Å². The van der Waals surface area contributed by atoms with Crippen molar-refractivity contribution in [1.29, 1.82) is 0 Å². The first kappa shape index (κ1) is 18.5. The lowest BCUT2D eigenvalue weighted by atomic mass is 10.1. The number of rotatable bonds is 4. The van der Waals surface area contributed by atoms with Crippen LogP contribution < -0.4 is 15.4 Å². The van der Waals surface area contributed by atoms with E-state index in [0.717, 1.165) is 29.8 Å². The van der Waals surface area contributed by atoms with Crippen LogP contribution in [0.4, 0.5) is 10.5 Å². The molecule has 3 rings (SSSR count).